The number of piperidine rings is 1. The summed E-state index contributed by atoms with van der Waals surface area (Å²) in [5.41, 5.74) is 16.3. The van der Waals surface area contributed by atoms with Crippen LogP contribution in [0.15, 0.2) is 48.5 Å². The fourth-order valence-electron chi connectivity index (χ4n) is 4.31. The topological polar surface area (TPSA) is 139 Å². The van der Waals surface area contributed by atoms with Crippen LogP contribution in [-0.2, 0) is 4.79 Å². The number of nitrogens with zero attached hydrogens (tertiary/aromatic N) is 4. The van der Waals surface area contributed by atoms with Crippen molar-refractivity contribution < 1.29 is 4.79 Å². The fraction of sp³-hybridized carbons (Fsp3) is 0.250. The Morgan fingerprint density at radius 1 is 1.15 bits per heavy atom. The van der Waals surface area contributed by atoms with E-state index in [0.717, 1.165) is 52.9 Å². The van der Waals surface area contributed by atoms with Gasteiger partial charge in [-0.3, -0.25) is 9.89 Å². The van der Waals surface area contributed by atoms with Crippen LogP contribution >= 0.6 is 0 Å². The monoisotopic (exact) mass is 442 g/mol. The highest BCUT2D eigenvalue weighted by molar-refractivity contribution is 5.94. The smallest absolute Gasteiger partial charge is 0.229 e. The molecule has 5 rings (SSSR count). The van der Waals surface area contributed by atoms with Gasteiger partial charge in [0.15, 0.2) is 5.82 Å². The summed E-state index contributed by atoms with van der Waals surface area (Å²) in [6, 6.07) is 15.5. The van der Waals surface area contributed by atoms with E-state index in [1.807, 2.05) is 55.5 Å². The van der Waals surface area contributed by atoms with Gasteiger partial charge in [0, 0.05) is 35.8 Å². The number of hydrogen-bond acceptors (Lipinski definition) is 7. The number of nitrogens with one attached hydrogen (secondary N) is 2. The standard InChI is InChI=1S/C24H26N8O/c1-14-5-2-3-7-18(14)27-23(33)16-6-4-10-32(13-16)21-12-19(28-24(26)29-21)15-8-9-17-20(11-15)30-31-22(17)25/h2-3,5,7-9,11-12,16H,4,6,10,13H2,1H3,(H,27,33)(H3,25,30,31)(H2,26,28,29)/t16-/m0/s1. The molecule has 168 valence electrons. The van der Waals surface area contributed by atoms with Gasteiger partial charge < -0.3 is 21.7 Å². The number of aromatic amines is 1. The first-order valence-corrected chi connectivity index (χ1v) is 11.0. The van der Waals surface area contributed by atoms with Crippen LogP contribution in [0, 0.1) is 12.8 Å². The van der Waals surface area contributed by atoms with Crippen LogP contribution < -0.4 is 21.7 Å². The number of rotatable bonds is 4. The van der Waals surface area contributed by atoms with Crippen molar-refractivity contribution in [2.75, 3.05) is 34.8 Å². The zero-order chi connectivity index (χ0) is 22.9. The van der Waals surface area contributed by atoms with Gasteiger partial charge in [0.05, 0.1) is 17.1 Å². The van der Waals surface area contributed by atoms with Gasteiger partial charge in [0.1, 0.15) is 5.82 Å². The summed E-state index contributed by atoms with van der Waals surface area (Å²) < 4.78 is 0. The number of anilines is 4. The SMILES string of the molecule is Cc1ccccc1NC(=O)[C@H]1CCCN(c2cc(-c3ccc4c(N)n[nH]c4c3)nc(N)n2)C1. The Kier molecular flexibility index (Phi) is 5.29. The molecule has 2 aromatic carbocycles. The third kappa shape index (κ3) is 4.17. The molecule has 0 bridgehead atoms. The zero-order valence-corrected chi connectivity index (χ0v) is 18.4. The van der Waals surface area contributed by atoms with Crippen molar-refractivity contribution in [2.45, 2.75) is 19.8 Å². The number of nitrogens with two attached hydrogens (primary N) is 2. The zero-order valence-electron chi connectivity index (χ0n) is 18.4. The molecular formula is C24H26N8O. The van der Waals surface area contributed by atoms with Gasteiger partial charge in [-0.1, -0.05) is 24.3 Å². The van der Waals surface area contributed by atoms with Gasteiger partial charge in [-0.25, -0.2) is 4.98 Å². The van der Waals surface area contributed by atoms with E-state index in [-0.39, 0.29) is 17.8 Å². The lowest BCUT2D eigenvalue weighted by Crippen LogP contribution is -2.41. The van der Waals surface area contributed by atoms with E-state index in [9.17, 15) is 4.79 Å². The van der Waals surface area contributed by atoms with Gasteiger partial charge in [-0.2, -0.15) is 10.1 Å². The number of carbonyl (C=O) groups excluding carboxylic acids is 1. The molecule has 9 nitrogen and oxygen atoms in total. The molecule has 0 spiro atoms. The number of aromatic nitrogens is 4. The summed E-state index contributed by atoms with van der Waals surface area (Å²) in [5.74, 6) is 1.26. The lowest BCUT2D eigenvalue weighted by Gasteiger charge is -2.33. The molecule has 1 aliphatic rings. The predicted octanol–water partition coefficient (Wildman–Crippen LogP) is 3.35. The number of carbonyl (C=O) groups is 1. The van der Waals surface area contributed by atoms with Crippen LogP contribution in [0.5, 0.6) is 0 Å². The Labute approximate surface area is 191 Å². The molecule has 33 heavy (non-hydrogen) atoms. The van der Waals surface area contributed by atoms with Crippen molar-refractivity contribution in [1.82, 2.24) is 20.2 Å². The molecule has 1 aliphatic heterocycles. The van der Waals surface area contributed by atoms with Gasteiger partial charge >= 0.3 is 0 Å². The summed E-state index contributed by atoms with van der Waals surface area (Å²) >= 11 is 0. The van der Waals surface area contributed by atoms with E-state index >= 15 is 0 Å². The van der Waals surface area contributed by atoms with Crippen LogP contribution in [0.1, 0.15) is 18.4 Å². The average Bonchev–Trinajstić information content (AvgIpc) is 3.20. The maximum absolute atomic E-state index is 13.0. The Morgan fingerprint density at radius 3 is 2.85 bits per heavy atom. The molecule has 6 N–H and O–H groups in total. The van der Waals surface area contributed by atoms with Gasteiger partial charge in [-0.05, 0) is 43.5 Å². The first-order valence-electron chi connectivity index (χ1n) is 11.0. The molecule has 3 heterocycles. The largest absolute Gasteiger partial charge is 0.382 e. The minimum atomic E-state index is -0.137. The van der Waals surface area contributed by atoms with E-state index in [2.05, 4.69) is 30.4 Å². The number of aryl methyl sites for hydroxylation is 1. The van der Waals surface area contributed by atoms with Crippen molar-refractivity contribution in [2.24, 2.45) is 5.92 Å². The van der Waals surface area contributed by atoms with Crippen molar-refractivity contribution in [1.29, 1.82) is 0 Å². The number of amides is 1. The minimum Gasteiger partial charge on any atom is -0.382 e. The second kappa shape index (κ2) is 8.42. The van der Waals surface area contributed by atoms with E-state index in [1.165, 1.54) is 0 Å². The van der Waals surface area contributed by atoms with Gasteiger partial charge in [0.2, 0.25) is 11.9 Å². The second-order valence-corrected chi connectivity index (χ2v) is 8.43. The minimum absolute atomic E-state index is 0.0264. The number of fused-ring (bicyclic) bond motifs is 1. The Morgan fingerprint density at radius 2 is 2.00 bits per heavy atom. The highest BCUT2D eigenvalue weighted by Crippen LogP contribution is 2.29. The van der Waals surface area contributed by atoms with E-state index in [1.54, 1.807) is 0 Å². The summed E-state index contributed by atoms with van der Waals surface area (Å²) in [4.78, 5) is 24.0. The highest BCUT2D eigenvalue weighted by Gasteiger charge is 2.27. The van der Waals surface area contributed by atoms with E-state index < -0.39 is 0 Å². The summed E-state index contributed by atoms with van der Waals surface area (Å²) in [6.07, 6.45) is 1.73. The van der Waals surface area contributed by atoms with Crippen molar-refractivity contribution in [3.63, 3.8) is 0 Å². The predicted molar refractivity (Wildman–Crippen MR) is 131 cm³/mol. The molecule has 1 saturated heterocycles. The molecule has 1 atom stereocenters. The van der Waals surface area contributed by atoms with Crippen molar-refractivity contribution >= 4 is 40.1 Å². The Bertz CT molecular complexity index is 1330. The molecule has 0 unspecified atom stereocenters. The Balaban J connectivity index is 1.37. The normalized spacial score (nSPS) is 16.2. The number of H-pyrrole nitrogens is 1. The molecule has 0 aliphatic carbocycles. The molecular weight excluding hydrogens is 416 g/mol. The van der Waals surface area contributed by atoms with Crippen LogP contribution in [0.25, 0.3) is 22.2 Å². The lowest BCUT2D eigenvalue weighted by molar-refractivity contribution is -0.120. The first kappa shape index (κ1) is 20.7. The molecule has 0 radical (unpaired) electrons. The van der Waals surface area contributed by atoms with Crippen LogP contribution in [0.4, 0.5) is 23.3 Å². The van der Waals surface area contributed by atoms with Crippen LogP contribution in [0.2, 0.25) is 0 Å². The number of para-hydroxylation sites is 1. The maximum atomic E-state index is 13.0. The molecule has 1 fully saturated rings. The van der Waals surface area contributed by atoms with E-state index in [4.69, 9.17) is 11.5 Å². The maximum Gasteiger partial charge on any atom is 0.229 e. The summed E-state index contributed by atoms with van der Waals surface area (Å²) in [6.45, 7) is 3.37. The third-order valence-corrected chi connectivity index (χ3v) is 6.14. The number of benzene rings is 2. The lowest BCUT2D eigenvalue weighted by atomic mass is 9.96. The number of hydrogen-bond donors (Lipinski definition) is 4. The van der Waals surface area contributed by atoms with E-state index in [0.29, 0.717) is 18.1 Å². The molecule has 0 saturated carbocycles. The summed E-state index contributed by atoms with van der Waals surface area (Å²) in [5, 5.41) is 10.9. The first-order chi connectivity index (χ1) is 16.0. The van der Waals surface area contributed by atoms with Crippen molar-refractivity contribution in [3.05, 3.63) is 54.1 Å². The van der Waals surface area contributed by atoms with Crippen LogP contribution in [0.3, 0.4) is 0 Å². The Hall–Kier alpha value is -4.14. The second-order valence-electron chi connectivity index (χ2n) is 8.43. The van der Waals surface area contributed by atoms with Crippen molar-refractivity contribution in [3.8, 4) is 11.3 Å². The van der Waals surface area contributed by atoms with Crippen LogP contribution in [-0.4, -0.2) is 39.2 Å². The average molecular weight is 443 g/mol. The quantitative estimate of drug-likeness (QED) is 0.380. The highest BCUT2D eigenvalue weighted by atomic mass is 16.1. The fourth-order valence-corrected chi connectivity index (χ4v) is 4.31. The molecule has 1 amide bonds. The third-order valence-electron chi connectivity index (χ3n) is 6.14. The molecule has 4 aromatic rings. The molecule has 9 heteroatoms. The number of nitrogen functional groups attached to an aromatic ring is 2. The molecule has 2 aromatic heterocycles. The summed E-state index contributed by atoms with van der Waals surface area (Å²) in [7, 11) is 0. The van der Waals surface area contributed by atoms with Gasteiger partial charge in [-0.15, -0.1) is 0 Å². The van der Waals surface area contributed by atoms with Gasteiger partial charge in [0.25, 0.3) is 0 Å².